The van der Waals surface area contributed by atoms with Crippen molar-refractivity contribution in [3.8, 4) is 0 Å². The summed E-state index contributed by atoms with van der Waals surface area (Å²) in [6.45, 7) is 13.2. The molecule has 19 heavy (non-hydrogen) atoms. The van der Waals surface area contributed by atoms with E-state index in [4.69, 9.17) is 9.47 Å². The van der Waals surface area contributed by atoms with Crippen molar-refractivity contribution >= 4 is 0 Å². The highest BCUT2D eigenvalue weighted by Crippen LogP contribution is 2.51. The molecule has 0 atom stereocenters. The molecule has 0 unspecified atom stereocenters. The molecule has 0 spiro atoms. The van der Waals surface area contributed by atoms with E-state index in [2.05, 4.69) is 24.1 Å². The minimum absolute atomic E-state index is 0.232. The second kappa shape index (κ2) is 5.32. The van der Waals surface area contributed by atoms with Crippen LogP contribution in [-0.4, -0.2) is 63.0 Å². The third-order valence-electron chi connectivity index (χ3n) is 5.85. The first kappa shape index (κ1) is 13.8. The quantitative estimate of drug-likeness (QED) is 0.831. The highest BCUT2D eigenvalue weighted by atomic mass is 16.5. The lowest BCUT2D eigenvalue weighted by Gasteiger charge is -2.61. The van der Waals surface area contributed by atoms with Gasteiger partial charge in [0.25, 0.3) is 0 Å². The second-order valence-electron chi connectivity index (χ2n) is 6.83. The summed E-state index contributed by atoms with van der Waals surface area (Å²) < 4.78 is 11.2. The molecule has 4 heteroatoms. The molecule has 3 aliphatic heterocycles. The van der Waals surface area contributed by atoms with Crippen LogP contribution in [0.4, 0.5) is 0 Å². The molecule has 3 heterocycles. The summed E-state index contributed by atoms with van der Waals surface area (Å²) >= 11 is 0. The van der Waals surface area contributed by atoms with Crippen molar-refractivity contribution in [2.75, 3.05) is 52.6 Å². The maximum atomic E-state index is 5.69. The SMILES string of the molecule is CC(C)(N1CCNCC1)C1(C2CCOCC2)COC1. The maximum absolute atomic E-state index is 5.69. The molecule has 3 rings (SSSR count). The Morgan fingerprint density at radius 2 is 1.68 bits per heavy atom. The maximum Gasteiger partial charge on any atom is 0.0565 e. The predicted molar refractivity (Wildman–Crippen MR) is 75.3 cm³/mol. The fourth-order valence-electron chi connectivity index (χ4n) is 4.20. The monoisotopic (exact) mass is 268 g/mol. The summed E-state index contributed by atoms with van der Waals surface area (Å²) in [5.74, 6) is 0.764. The van der Waals surface area contributed by atoms with Crippen LogP contribution in [0.1, 0.15) is 26.7 Å². The highest BCUT2D eigenvalue weighted by Gasteiger charge is 2.57. The van der Waals surface area contributed by atoms with Gasteiger partial charge in [-0.15, -0.1) is 0 Å². The molecular weight excluding hydrogens is 240 g/mol. The Bertz CT molecular complexity index is 303. The van der Waals surface area contributed by atoms with Gasteiger partial charge in [-0.2, -0.15) is 0 Å². The van der Waals surface area contributed by atoms with Gasteiger partial charge in [0.05, 0.1) is 13.2 Å². The van der Waals surface area contributed by atoms with Crippen molar-refractivity contribution in [3.05, 3.63) is 0 Å². The van der Waals surface area contributed by atoms with Crippen LogP contribution in [0.5, 0.6) is 0 Å². The average molecular weight is 268 g/mol. The lowest BCUT2D eigenvalue weighted by molar-refractivity contribution is -0.226. The van der Waals surface area contributed by atoms with Crippen molar-refractivity contribution in [1.29, 1.82) is 0 Å². The number of nitrogens with zero attached hydrogens (tertiary/aromatic N) is 1. The molecule has 4 nitrogen and oxygen atoms in total. The first-order valence-electron chi connectivity index (χ1n) is 7.78. The van der Waals surface area contributed by atoms with E-state index in [-0.39, 0.29) is 5.54 Å². The van der Waals surface area contributed by atoms with Gasteiger partial charge in [-0.3, -0.25) is 4.90 Å². The van der Waals surface area contributed by atoms with Gasteiger partial charge in [-0.25, -0.2) is 0 Å². The molecule has 0 aromatic heterocycles. The number of hydrogen-bond acceptors (Lipinski definition) is 4. The minimum atomic E-state index is 0.232. The van der Waals surface area contributed by atoms with Crippen molar-refractivity contribution in [1.82, 2.24) is 10.2 Å². The van der Waals surface area contributed by atoms with Gasteiger partial charge < -0.3 is 14.8 Å². The van der Waals surface area contributed by atoms with Crippen LogP contribution in [0.2, 0.25) is 0 Å². The number of rotatable bonds is 3. The summed E-state index contributed by atoms with van der Waals surface area (Å²) in [7, 11) is 0. The first-order chi connectivity index (χ1) is 9.17. The van der Waals surface area contributed by atoms with E-state index in [1.54, 1.807) is 0 Å². The molecule has 0 aromatic rings. The van der Waals surface area contributed by atoms with Gasteiger partial charge >= 0.3 is 0 Å². The lowest BCUT2D eigenvalue weighted by Crippen LogP contribution is -2.70. The third-order valence-corrected chi connectivity index (χ3v) is 5.85. The largest absolute Gasteiger partial charge is 0.381 e. The van der Waals surface area contributed by atoms with Crippen molar-refractivity contribution in [3.63, 3.8) is 0 Å². The first-order valence-corrected chi connectivity index (χ1v) is 7.78. The standard InChI is InChI=1S/C15H28N2O2/c1-14(2,17-7-5-16-6-8-17)15(11-19-12-15)13-3-9-18-10-4-13/h13,16H,3-12H2,1-2H3. The van der Waals surface area contributed by atoms with Gasteiger partial charge in [0.15, 0.2) is 0 Å². The lowest BCUT2D eigenvalue weighted by atomic mass is 9.59. The summed E-state index contributed by atoms with van der Waals surface area (Å²) in [5, 5.41) is 3.46. The molecule has 1 N–H and O–H groups in total. The topological polar surface area (TPSA) is 33.7 Å². The molecule has 0 aliphatic carbocycles. The summed E-state index contributed by atoms with van der Waals surface area (Å²) in [6, 6.07) is 0. The van der Waals surface area contributed by atoms with Crippen molar-refractivity contribution < 1.29 is 9.47 Å². The Labute approximate surface area is 116 Å². The Kier molecular flexibility index (Phi) is 3.87. The number of ether oxygens (including phenoxy) is 2. The number of nitrogens with one attached hydrogen (secondary N) is 1. The zero-order valence-corrected chi connectivity index (χ0v) is 12.4. The van der Waals surface area contributed by atoms with E-state index >= 15 is 0 Å². The van der Waals surface area contributed by atoms with Crippen LogP contribution in [0.25, 0.3) is 0 Å². The molecule has 0 radical (unpaired) electrons. The Morgan fingerprint density at radius 1 is 1.05 bits per heavy atom. The Balaban J connectivity index is 1.78. The normalized spacial score (nSPS) is 30.0. The molecule has 0 saturated carbocycles. The summed E-state index contributed by atoms with van der Waals surface area (Å²) in [5.41, 5.74) is 0.573. The van der Waals surface area contributed by atoms with Crippen molar-refractivity contribution in [2.24, 2.45) is 11.3 Å². The fourth-order valence-corrected chi connectivity index (χ4v) is 4.20. The molecule has 110 valence electrons. The van der Waals surface area contributed by atoms with E-state index in [0.717, 1.165) is 58.5 Å². The van der Waals surface area contributed by atoms with E-state index < -0.39 is 0 Å². The van der Waals surface area contributed by atoms with E-state index in [1.165, 1.54) is 12.8 Å². The predicted octanol–water partition coefficient (Wildman–Crippen LogP) is 1.11. The van der Waals surface area contributed by atoms with E-state index in [0.29, 0.717) is 5.41 Å². The van der Waals surface area contributed by atoms with E-state index in [1.807, 2.05) is 0 Å². The van der Waals surface area contributed by atoms with Crippen LogP contribution < -0.4 is 5.32 Å². The number of hydrogen-bond donors (Lipinski definition) is 1. The molecule has 3 fully saturated rings. The zero-order chi connectivity index (χ0) is 13.3. The van der Waals surface area contributed by atoms with Gasteiger partial charge in [-0.05, 0) is 32.6 Å². The molecule has 0 aromatic carbocycles. The van der Waals surface area contributed by atoms with Gasteiger partial charge in [0.2, 0.25) is 0 Å². The van der Waals surface area contributed by atoms with Crippen LogP contribution in [0, 0.1) is 11.3 Å². The second-order valence-corrected chi connectivity index (χ2v) is 6.83. The van der Waals surface area contributed by atoms with Crippen LogP contribution in [-0.2, 0) is 9.47 Å². The van der Waals surface area contributed by atoms with Crippen LogP contribution in [0.3, 0.4) is 0 Å². The summed E-state index contributed by atoms with van der Waals surface area (Å²) in [6.07, 6.45) is 2.41. The van der Waals surface area contributed by atoms with Crippen LogP contribution >= 0.6 is 0 Å². The summed E-state index contributed by atoms with van der Waals surface area (Å²) in [4.78, 5) is 2.68. The highest BCUT2D eigenvalue weighted by molar-refractivity contribution is 5.08. The molecular formula is C15H28N2O2. The molecule has 0 bridgehead atoms. The smallest absolute Gasteiger partial charge is 0.0565 e. The molecule has 0 amide bonds. The van der Waals surface area contributed by atoms with Crippen molar-refractivity contribution in [2.45, 2.75) is 32.2 Å². The van der Waals surface area contributed by atoms with E-state index in [9.17, 15) is 0 Å². The van der Waals surface area contributed by atoms with Crippen LogP contribution in [0.15, 0.2) is 0 Å². The zero-order valence-electron chi connectivity index (χ0n) is 12.4. The molecule has 3 aliphatic rings. The van der Waals surface area contributed by atoms with Gasteiger partial charge in [0, 0.05) is 50.3 Å². The average Bonchev–Trinajstić information content (AvgIpc) is 2.39. The number of piperazine rings is 1. The minimum Gasteiger partial charge on any atom is -0.381 e. The van der Waals surface area contributed by atoms with Gasteiger partial charge in [0.1, 0.15) is 0 Å². The molecule has 3 saturated heterocycles. The fraction of sp³-hybridized carbons (Fsp3) is 1.00. The Morgan fingerprint density at radius 3 is 2.21 bits per heavy atom. The third kappa shape index (κ3) is 2.23. The Hall–Kier alpha value is -0.160. The van der Waals surface area contributed by atoms with Gasteiger partial charge in [-0.1, -0.05) is 0 Å².